The SMILES string of the molecule is O=C(/C=C/c1c(Cl)nc2sccn12)NC1CCN(C(=O)c2ccco2)CC1. The van der Waals surface area contributed by atoms with Crippen LogP contribution >= 0.6 is 22.9 Å². The topological polar surface area (TPSA) is 79.9 Å². The molecule has 0 aliphatic carbocycles. The van der Waals surface area contributed by atoms with Gasteiger partial charge in [-0.2, -0.15) is 0 Å². The Morgan fingerprint density at radius 1 is 1.37 bits per heavy atom. The van der Waals surface area contributed by atoms with Gasteiger partial charge in [-0.15, -0.1) is 11.3 Å². The number of piperidine rings is 1. The van der Waals surface area contributed by atoms with Crippen LogP contribution in [0.25, 0.3) is 11.0 Å². The molecule has 9 heteroatoms. The van der Waals surface area contributed by atoms with Crippen molar-refractivity contribution in [2.45, 2.75) is 18.9 Å². The number of nitrogens with one attached hydrogen (secondary N) is 1. The first-order valence-electron chi connectivity index (χ1n) is 8.54. The Morgan fingerprint density at radius 3 is 2.93 bits per heavy atom. The van der Waals surface area contributed by atoms with Crippen molar-refractivity contribution in [2.24, 2.45) is 0 Å². The number of carbonyl (C=O) groups excluding carboxylic acids is 2. The van der Waals surface area contributed by atoms with Crippen LogP contribution in [0.4, 0.5) is 0 Å². The van der Waals surface area contributed by atoms with Gasteiger partial charge in [0.15, 0.2) is 15.9 Å². The number of thiazole rings is 1. The third-order valence-electron chi connectivity index (χ3n) is 4.51. The normalized spacial score (nSPS) is 15.7. The standard InChI is InChI=1S/C18H17ClN4O3S/c19-16-13(23-9-11-27-18(23)21-16)3-4-15(24)20-12-5-7-22(8-6-12)17(25)14-2-1-10-26-14/h1-4,9-12H,5-8H2,(H,20,24)/b4-3+. The number of imidazole rings is 1. The maximum atomic E-state index is 12.3. The van der Waals surface area contributed by atoms with Crippen LogP contribution in [0.2, 0.25) is 5.15 Å². The fraction of sp³-hybridized carbons (Fsp3) is 0.278. The lowest BCUT2D eigenvalue weighted by Crippen LogP contribution is -2.46. The van der Waals surface area contributed by atoms with Gasteiger partial charge in [-0.3, -0.25) is 14.0 Å². The summed E-state index contributed by atoms with van der Waals surface area (Å²) in [6, 6.07) is 3.39. The smallest absolute Gasteiger partial charge is 0.289 e. The van der Waals surface area contributed by atoms with E-state index >= 15 is 0 Å². The molecule has 1 aliphatic heterocycles. The third-order valence-corrected chi connectivity index (χ3v) is 5.54. The molecule has 0 spiro atoms. The van der Waals surface area contributed by atoms with E-state index in [4.69, 9.17) is 16.0 Å². The number of halogens is 1. The maximum Gasteiger partial charge on any atom is 0.289 e. The summed E-state index contributed by atoms with van der Waals surface area (Å²) in [5.74, 6) is 0.0460. The summed E-state index contributed by atoms with van der Waals surface area (Å²) in [7, 11) is 0. The highest BCUT2D eigenvalue weighted by Gasteiger charge is 2.25. The molecule has 4 heterocycles. The number of hydrogen-bond donors (Lipinski definition) is 1. The van der Waals surface area contributed by atoms with Crippen LogP contribution in [0.5, 0.6) is 0 Å². The fourth-order valence-corrected chi connectivity index (χ4v) is 4.12. The summed E-state index contributed by atoms with van der Waals surface area (Å²) < 4.78 is 7.00. The van der Waals surface area contributed by atoms with Gasteiger partial charge in [-0.1, -0.05) is 11.6 Å². The van der Waals surface area contributed by atoms with Gasteiger partial charge in [0.2, 0.25) is 5.91 Å². The molecule has 1 saturated heterocycles. The van der Waals surface area contributed by atoms with Gasteiger partial charge in [-0.05, 0) is 31.1 Å². The highest BCUT2D eigenvalue weighted by molar-refractivity contribution is 7.15. The molecule has 7 nitrogen and oxygen atoms in total. The predicted octanol–water partition coefficient (Wildman–Crippen LogP) is 3.08. The lowest BCUT2D eigenvalue weighted by Gasteiger charge is -2.31. The van der Waals surface area contributed by atoms with Gasteiger partial charge in [0.1, 0.15) is 0 Å². The molecule has 0 radical (unpaired) electrons. The van der Waals surface area contributed by atoms with Gasteiger partial charge < -0.3 is 14.6 Å². The molecule has 4 rings (SSSR count). The Labute approximate surface area is 164 Å². The van der Waals surface area contributed by atoms with E-state index in [2.05, 4.69) is 10.3 Å². The average Bonchev–Trinajstić information content (AvgIpc) is 3.38. The second kappa shape index (κ2) is 7.58. The molecule has 0 unspecified atom stereocenters. The molecular formula is C18H17ClN4O3S. The van der Waals surface area contributed by atoms with E-state index in [1.54, 1.807) is 23.1 Å². The van der Waals surface area contributed by atoms with E-state index in [0.717, 1.165) is 4.96 Å². The minimum atomic E-state index is -0.188. The van der Waals surface area contributed by atoms with Crippen molar-refractivity contribution in [1.82, 2.24) is 19.6 Å². The number of furan rings is 1. The van der Waals surface area contributed by atoms with Crippen LogP contribution in [-0.4, -0.2) is 45.2 Å². The lowest BCUT2D eigenvalue weighted by molar-refractivity contribution is -0.117. The summed E-state index contributed by atoms with van der Waals surface area (Å²) in [6.45, 7) is 1.16. The zero-order chi connectivity index (χ0) is 18.8. The first-order chi connectivity index (χ1) is 13.1. The largest absolute Gasteiger partial charge is 0.459 e. The third kappa shape index (κ3) is 3.77. The van der Waals surface area contributed by atoms with Crippen LogP contribution < -0.4 is 5.32 Å². The number of nitrogens with zero attached hydrogens (tertiary/aromatic N) is 3. The Kier molecular flexibility index (Phi) is 5.00. The maximum absolute atomic E-state index is 12.3. The van der Waals surface area contributed by atoms with Crippen LogP contribution in [0.3, 0.4) is 0 Å². The first-order valence-corrected chi connectivity index (χ1v) is 9.80. The van der Waals surface area contributed by atoms with E-state index in [1.165, 1.54) is 23.7 Å². The second-order valence-electron chi connectivity index (χ2n) is 6.23. The minimum absolute atomic E-state index is 0.0323. The number of carbonyl (C=O) groups is 2. The molecule has 0 atom stereocenters. The summed E-state index contributed by atoms with van der Waals surface area (Å²) in [5, 5.41) is 5.26. The van der Waals surface area contributed by atoms with Gasteiger partial charge >= 0.3 is 0 Å². The molecular weight excluding hydrogens is 388 g/mol. The number of amides is 2. The molecule has 1 aliphatic rings. The van der Waals surface area contributed by atoms with Crippen molar-refractivity contribution >= 4 is 45.8 Å². The summed E-state index contributed by atoms with van der Waals surface area (Å²) in [6.07, 6.45) is 7.89. The second-order valence-corrected chi connectivity index (χ2v) is 7.46. The van der Waals surface area contributed by atoms with Crippen molar-refractivity contribution in [2.75, 3.05) is 13.1 Å². The summed E-state index contributed by atoms with van der Waals surface area (Å²) in [5.41, 5.74) is 0.682. The lowest BCUT2D eigenvalue weighted by atomic mass is 10.0. The molecule has 0 bridgehead atoms. The Morgan fingerprint density at radius 2 is 2.19 bits per heavy atom. The number of rotatable bonds is 4. The Balaban J connectivity index is 1.31. The van der Waals surface area contributed by atoms with Crippen LogP contribution in [0, 0.1) is 0 Å². The Bertz CT molecular complexity index is 984. The fourth-order valence-electron chi connectivity index (χ4n) is 3.11. The van der Waals surface area contributed by atoms with Crippen molar-refractivity contribution < 1.29 is 14.0 Å². The van der Waals surface area contributed by atoms with E-state index in [1.807, 2.05) is 16.0 Å². The summed E-state index contributed by atoms with van der Waals surface area (Å²) >= 11 is 7.60. The molecule has 2 amide bonds. The van der Waals surface area contributed by atoms with Gasteiger partial charge in [0.25, 0.3) is 5.91 Å². The van der Waals surface area contributed by atoms with Crippen molar-refractivity contribution in [3.05, 3.63) is 52.7 Å². The molecule has 1 N–H and O–H groups in total. The molecule has 140 valence electrons. The molecule has 1 fully saturated rings. The zero-order valence-electron chi connectivity index (χ0n) is 14.3. The quantitative estimate of drug-likeness (QED) is 0.677. The van der Waals surface area contributed by atoms with E-state index in [0.29, 0.717) is 42.5 Å². The van der Waals surface area contributed by atoms with Crippen molar-refractivity contribution in [3.8, 4) is 0 Å². The average molecular weight is 405 g/mol. The zero-order valence-corrected chi connectivity index (χ0v) is 15.9. The van der Waals surface area contributed by atoms with Crippen LogP contribution in [0.1, 0.15) is 29.1 Å². The van der Waals surface area contributed by atoms with E-state index < -0.39 is 0 Å². The first kappa shape index (κ1) is 17.8. The van der Waals surface area contributed by atoms with Gasteiger partial charge in [0.05, 0.1) is 12.0 Å². The van der Waals surface area contributed by atoms with Crippen LogP contribution in [0.15, 0.2) is 40.5 Å². The van der Waals surface area contributed by atoms with Crippen molar-refractivity contribution in [1.29, 1.82) is 0 Å². The number of hydrogen-bond acceptors (Lipinski definition) is 5. The minimum Gasteiger partial charge on any atom is -0.459 e. The highest BCUT2D eigenvalue weighted by Crippen LogP contribution is 2.22. The molecule has 0 aromatic carbocycles. The Hall–Kier alpha value is -2.58. The number of aromatic nitrogens is 2. The number of likely N-dealkylation sites (tertiary alicyclic amines) is 1. The monoisotopic (exact) mass is 404 g/mol. The molecule has 3 aromatic heterocycles. The molecule has 3 aromatic rings. The predicted molar refractivity (Wildman–Crippen MR) is 103 cm³/mol. The van der Waals surface area contributed by atoms with Crippen molar-refractivity contribution in [3.63, 3.8) is 0 Å². The highest BCUT2D eigenvalue weighted by atomic mass is 35.5. The van der Waals surface area contributed by atoms with Crippen LogP contribution in [-0.2, 0) is 4.79 Å². The van der Waals surface area contributed by atoms with E-state index in [9.17, 15) is 9.59 Å². The molecule has 0 saturated carbocycles. The molecule has 27 heavy (non-hydrogen) atoms. The van der Waals surface area contributed by atoms with Gasteiger partial charge in [-0.25, -0.2) is 4.98 Å². The summed E-state index contributed by atoms with van der Waals surface area (Å²) in [4.78, 5) is 31.2. The number of fused-ring (bicyclic) bond motifs is 1. The van der Waals surface area contributed by atoms with Gasteiger partial charge in [0, 0.05) is 36.8 Å². The van der Waals surface area contributed by atoms with E-state index in [-0.39, 0.29) is 17.9 Å².